The van der Waals surface area contributed by atoms with Crippen molar-refractivity contribution >= 4 is 5.69 Å². The number of nitrogens with zero attached hydrogens (tertiary/aromatic N) is 1. The maximum Gasteiger partial charge on any atom is 0.146 e. The van der Waals surface area contributed by atoms with Crippen LogP contribution < -0.4 is 10.2 Å². The molecule has 0 heterocycles. The molecule has 0 bridgehead atoms. The van der Waals surface area contributed by atoms with Crippen LogP contribution in [0.2, 0.25) is 0 Å². The van der Waals surface area contributed by atoms with Crippen molar-refractivity contribution in [3.8, 4) is 0 Å². The van der Waals surface area contributed by atoms with Crippen molar-refractivity contribution in [1.29, 1.82) is 0 Å². The van der Waals surface area contributed by atoms with Gasteiger partial charge in [-0.2, -0.15) is 0 Å². The molecule has 1 N–H and O–H groups in total. The molecule has 0 aliphatic carbocycles. The largest absolute Gasteiger partial charge is 0.375 e. The zero-order valence-corrected chi connectivity index (χ0v) is 9.13. The Labute approximate surface area is 84.7 Å². The van der Waals surface area contributed by atoms with Gasteiger partial charge < -0.3 is 10.2 Å². The fraction of sp³-hybridized carbons (Fsp3) is 0.455. The van der Waals surface area contributed by atoms with Crippen molar-refractivity contribution < 1.29 is 4.39 Å². The zero-order valence-electron chi connectivity index (χ0n) is 9.13. The van der Waals surface area contributed by atoms with Gasteiger partial charge in [-0.3, -0.25) is 0 Å². The van der Waals surface area contributed by atoms with Crippen molar-refractivity contribution in [1.82, 2.24) is 5.32 Å². The van der Waals surface area contributed by atoms with E-state index in [4.69, 9.17) is 0 Å². The van der Waals surface area contributed by atoms with Crippen molar-refractivity contribution in [3.05, 3.63) is 29.6 Å². The minimum absolute atomic E-state index is 0.156. The quantitative estimate of drug-likeness (QED) is 0.797. The average Bonchev–Trinajstić information content (AvgIpc) is 2.15. The van der Waals surface area contributed by atoms with E-state index in [2.05, 4.69) is 5.32 Å². The SMILES string of the molecule is CNC(C)c1cccc(F)c1N(C)C. The predicted molar refractivity (Wildman–Crippen MR) is 58.2 cm³/mol. The second-order valence-electron chi connectivity index (χ2n) is 3.58. The molecule has 0 spiro atoms. The number of benzene rings is 1. The van der Waals surface area contributed by atoms with Crippen LogP contribution in [0.1, 0.15) is 18.5 Å². The summed E-state index contributed by atoms with van der Waals surface area (Å²) in [6.07, 6.45) is 0. The minimum Gasteiger partial charge on any atom is -0.375 e. The van der Waals surface area contributed by atoms with E-state index in [1.165, 1.54) is 6.07 Å². The lowest BCUT2D eigenvalue weighted by Crippen LogP contribution is -2.19. The number of anilines is 1. The van der Waals surface area contributed by atoms with Gasteiger partial charge in [-0.25, -0.2) is 4.39 Å². The Hall–Kier alpha value is -1.09. The Kier molecular flexibility index (Phi) is 3.47. The van der Waals surface area contributed by atoms with Crippen LogP contribution in [0.3, 0.4) is 0 Å². The summed E-state index contributed by atoms with van der Waals surface area (Å²) in [5.41, 5.74) is 1.65. The highest BCUT2D eigenvalue weighted by Gasteiger charge is 2.13. The van der Waals surface area contributed by atoms with Crippen molar-refractivity contribution in [2.45, 2.75) is 13.0 Å². The Morgan fingerprint density at radius 2 is 2.00 bits per heavy atom. The maximum atomic E-state index is 13.5. The topological polar surface area (TPSA) is 15.3 Å². The van der Waals surface area contributed by atoms with Crippen LogP contribution >= 0.6 is 0 Å². The first kappa shape index (κ1) is 11.0. The van der Waals surface area contributed by atoms with Crippen LogP contribution in [0.15, 0.2) is 18.2 Å². The van der Waals surface area contributed by atoms with Gasteiger partial charge in [-0.1, -0.05) is 12.1 Å². The van der Waals surface area contributed by atoms with Gasteiger partial charge in [0.25, 0.3) is 0 Å². The van der Waals surface area contributed by atoms with E-state index in [9.17, 15) is 4.39 Å². The molecule has 0 aliphatic rings. The number of rotatable bonds is 3. The van der Waals surface area contributed by atoms with E-state index < -0.39 is 0 Å². The Morgan fingerprint density at radius 3 is 2.50 bits per heavy atom. The van der Waals surface area contributed by atoms with Gasteiger partial charge in [-0.15, -0.1) is 0 Å². The smallest absolute Gasteiger partial charge is 0.146 e. The van der Waals surface area contributed by atoms with E-state index in [1.807, 2.05) is 34.1 Å². The summed E-state index contributed by atoms with van der Waals surface area (Å²) >= 11 is 0. The fourth-order valence-corrected chi connectivity index (χ4v) is 1.51. The molecule has 1 atom stereocenters. The minimum atomic E-state index is -0.172. The highest BCUT2D eigenvalue weighted by atomic mass is 19.1. The molecule has 0 radical (unpaired) electrons. The molecule has 0 aliphatic heterocycles. The molecule has 1 unspecified atom stereocenters. The van der Waals surface area contributed by atoms with Gasteiger partial charge in [0, 0.05) is 20.1 Å². The first-order chi connectivity index (χ1) is 6.57. The van der Waals surface area contributed by atoms with Crippen LogP contribution in [-0.4, -0.2) is 21.1 Å². The number of halogens is 1. The lowest BCUT2D eigenvalue weighted by atomic mass is 10.1. The van der Waals surface area contributed by atoms with Gasteiger partial charge in [0.05, 0.1) is 5.69 Å². The van der Waals surface area contributed by atoms with Crippen LogP contribution in [0.5, 0.6) is 0 Å². The van der Waals surface area contributed by atoms with Crippen molar-refractivity contribution in [2.75, 3.05) is 26.0 Å². The molecule has 1 rings (SSSR count). The summed E-state index contributed by atoms with van der Waals surface area (Å²) in [6, 6.07) is 5.33. The average molecular weight is 196 g/mol. The molecule has 0 fully saturated rings. The lowest BCUT2D eigenvalue weighted by Gasteiger charge is -2.21. The molecule has 0 saturated carbocycles. The molecular formula is C11H17FN2. The molecule has 1 aromatic carbocycles. The van der Waals surface area contributed by atoms with E-state index in [0.717, 1.165) is 5.56 Å². The van der Waals surface area contributed by atoms with E-state index in [-0.39, 0.29) is 11.9 Å². The lowest BCUT2D eigenvalue weighted by molar-refractivity contribution is 0.607. The first-order valence-electron chi connectivity index (χ1n) is 4.71. The van der Waals surface area contributed by atoms with Crippen LogP contribution in [-0.2, 0) is 0 Å². The standard InChI is InChI=1S/C11H17FN2/c1-8(13-2)9-6-5-7-10(12)11(9)14(3)4/h5-8,13H,1-4H3. The molecule has 0 saturated heterocycles. The molecule has 1 aromatic rings. The monoisotopic (exact) mass is 196 g/mol. The third-order valence-electron chi connectivity index (χ3n) is 2.36. The summed E-state index contributed by atoms with van der Waals surface area (Å²) in [6.45, 7) is 2.02. The van der Waals surface area contributed by atoms with Crippen molar-refractivity contribution in [2.24, 2.45) is 0 Å². The van der Waals surface area contributed by atoms with Crippen LogP contribution in [0.25, 0.3) is 0 Å². The number of hydrogen-bond donors (Lipinski definition) is 1. The first-order valence-corrected chi connectivity index (χ1v) is 4.71. The Balaban J connectivity index is 3.21. The normalized spacial score (nSPS) is 12.6. The second kappa shape index (κ2) is 4.42. The molecule has 0 amide bonds. The maximum absolute atomic E-state index is 13.5. The number of para-hydroxylation sites is 1. The van der Waals surface area contributed by atoms with Gasteiger partial charge in [0.15, 0.2) is 0 Å². The van der Waals surface area contributed by atoms with Crippen LogP contribution in [0, 0.1) is 5.82 Å². The summed E-state index contributed by atoms with van der Waals surface area (Å²) in [5.74, 6) is -0.172. The molecular weight excluding hydrogens is 179 g/mol. The highest BCUT2D eigenvalue weighted by Crippen LogP contribution is 2.27. The highest BCUT2D eigenvalue weighted by molar-refractivity contribution is 5.55. The fourth-order valence-electron chi connectivity index (χ4n) is 1.51. The molecule has 14 heavy (non-hydrogen) atoms. The third kappa shape index (κ3) is 2.04. The number of nitrogens with one attached hydrogen (secondary N) is 1. The molecule has 78 valence electrons. The summed E-state index contributed by atoms with van der Waals surface area (Å²) in [4.78, 5) is 1.80. The molecule has 0 aromatic heterocycles. The van der Waals surface area contributed by atoms with Gasteiger partial charge in [-0.05, 0) is 25.6 Å². The number of hydrogen-bond acceptors (Lipinski definition) is 2. The van der Waals surface area contributed by atoms with Crippen molar-refractivity contribution in [3.63, 3.8) is 0 Å². The molecule has 3 heteroatoms. The van der Waals surface area contributed by atoms with E-state index in [1.54, 1.807) is 11.0 Å². The van der Waals surface area contributed by atoms with Gasteiger partial charge in [0.1, 0.15) is 5.82 Å². The molecule has 2 nitrogen and oxygen atoms in total. The third-order valence-corrected chi connectivity index (χ3v) is 2.36. The van der Waals surface area contributed by atoms with Gasteiger partial charge >= 0.3 is 0 Å². The Bertz CT molecular complexity index is 310. The zero-order chi connectivity index (χ0) is 10.7. The summed E-state index contributed by atoms with van der Waals surface area (Å²) in [7, 11) is 5.57. The van der Waals surface area contributed by atoms with E-state index in [0.29, 0.717) is 5.69 Å². The van der Waals surface area contributed by atoms with E-state index >= 15 is 0 Å². The van der Waals surface area contributed by atoms with Gasteiger partial charge in [0.2, 0.25) is 0 Å². The predicted octanol–water partition coefficient (Wildman–Crippen LogP) is 2.17. The second-order valence-corrected chi connectivity index (χ2v) is 3.58. The Morgan fingerprint density at radius 1 is 1.36 bits per heavy atom. The van der Waals surface area contributed by atoms with Crippen LogP contribution in [0.4, 0.5) is 10.1 Å². The summed E-state index contributed by atoms with van der Waals surface area (Å²) in [5, 5.41) is 3.11. The summed E-state index contributed by atoms with van der Waals surface area (Å²) < 4.78 is 13.5.